The Kier molecular flexibility index (Phi) is 4.28. The molecule has 1 saturated heterocycles. The summed E-state index contributed by atoms with van der Waals surface area (Å²) in [6.07, 6.45) is 1.74. The minimum atomic E-state index is -3.31. The smallest absolute Gasteiger partial charge is 0.207 e. The van der Waals surface area contributed by atoms with Gasteiger partial charge < -0.3 is 0 Å². The van der Waals surface area contributed by atoms with Crippen molar-refractivity contribution in [1.82, 2.24) is 4.31 Å². The fourth-order valence-corrected chi connectivity index (χ4v) is 3.96. The van der Waals surface area contributed by atoms with Gasteiger partial charge in [0.1, 0.15) is 0 Å². The Bertz CT molecular complexity index is 479. The zero-order valence-corrected chi connectivity index (χ0v) is 13.1. The summed E-state index contributed by atoms with van der Waals surface area (Å²) in [5.74, 6) is 0. The molecule has 0 amide bonds. The van der Waals surface area contributed by atoms with Crippen molar-refractivity contribution >= 4 is 41.9 Å². The van der Waals surface area contributed by atoms with Gasteiger partial charge in [0.2, 0.25) is 10.0 Å². The van der Waals surface area contributed by atoms with Crippen LogP contribution in [0.1, 0.15) is 12.8 Å². The number of halogens is 2. The standard InChI is InChI=1S/C11H13Br2NO2S/c12-9-1-3-11(4-2-9)17(15,16)14-7-5-10(13)6-8-14/h1-4,10H,5-8H2. The summed E-state index contributed by atoms with van der Waals surface area (Å²) in [5, 5.41) is 0. The Morgan fingerprint density at radius 1 is 1.12 bits per heavy atom. The second kappa shape index (κ2) is 5.38. The molecule has 0 aliphatic carbocycles. The normalized spacial score (nSPS) is 19.4. The van der Waals surface area contributed by atoms with Crippen molar-refractivity contribution < 1.29 is 8.42 Å². The van der Waals surface area contributed by atoms with E-state index in [9.17, 15) is 8.42 Å². The molecule has 0 unspecified atom stereocenters. The summed E-state index contributed by atoms with van der Waals surface area (Å²) in [7, 11) is -3.31. The molecule has 0 bridgehead atoms. The van der Waals surface area contributed by atoms with Gasteiger partial charge >= 0.3 is 0 Å². The average molecular weight is 383 g/mol. The van der Waals surface area contributed by atoms with Gasteiger partial charge in [-0.1, -0.05) is 31.9 Å². The molecule has 1 heterocycles. The summed E-state index contributed by atoms with van der Waals surface area (Å²) in [5.41, 5.74) is 0. The van der Waals surface area contributed by atoms with Crippen LogP contribution in [0.4, 0.5) is 0 Å². The summed E-state index contributed by atoms with van der Waals surface area (Å²) < 4.78 is 27.0. The molecule has 1 aliphatic heterocycles. The lowest BCUT2D eigenvalue weighted by molar-refractivity contribution is 0.354. The van der Waals surface area contributed by atoms with E-state index >= 15 is 0 Å². The molecular formula is C11H13Br2NO2S. The zero-order chi connectivity index (χ0) is 12.5. The number of hydrogen-bond donors (Lipinski definition) is 0. The van der Waals surface area contributed by atoms with E-state index in [0.29, 0.717) is 22.8 Å². The van der Waals surface area contributed by atoms with Crippen LogP contribution >= 0.6 is 31.9 Å². The fraction of sp³-hybridized carbons (Fsp3) is 0.455. The van der Waals surface area contributed by atoms with Crippen LogP contribution in [0.2, 0.25) is 0 Å². The number of piperidine rings is 1. The molecule has 1 fully saturated rings. The van der Waals surface area contributed by atoms with Crippen LogP contribution in [0.15, 0.2) is 33.6 Å². The Morgan fingerprint density at radius 2 is 1.65 bits per heavy atom. The number of alkyl halides is 1. The van der Waals surface area contributed by atoms with Crippen molar-refractivity contribution in [3.63, 3.8) is 0 Å². The Balaban J connectivity index is 2.21. The van der Waals surface area contributed by atoms with E-state index in [0.717, 1.165) is 17.3 Å². The third-order valence-electron chi connectivity index (χ3n) is 2.83. The maximum absolute atomic E-state index is 12.3. The predicted octanol–water partition coefficient (Wildman–Crippen LogP) is 3.00. The van der Waals surface area contributed by atoms with Gasteiger partial charge in [0.25, 0.3) is 0 Å². The number of hydrogen-bond acceptors (Lipinski definition) is 2. The highest BCUT2D eigenvalue weighted by Gasteiger charge is 2.28. The van der Waals surface area contributed by atoms with Crippen molar-refractivity contribution in [2.45, 2.75) is 22.6 Å². The largest absolute Gasteiger partial charge is 0.243 e. The molecule has 0 aromatic heterocycles. The molecule has 1 aliphatic rings. The third kappa shape index (κ3) is 3.10. The van der Waals surface area contributed by atoms with E-state index < -0.39 is 10.0 Å². The minimum absolute atomic E-state index is 0.369. The quantitative estimate of drug-likeness (QED) is 0.737. The number of nitrogens with zero attached hydrogens (tertiary/aromatic N) is 1. The van der Waals surface area contributed by atoms with Gasteiger partial charge in [-0.05, 0) is 37.1 Å². The van der Waals surface area contributed by atoms with Crippen LogP contribution < -0.4 is 0 Å². The first-order chi connectivity index (χ1) is 8.00. The van der Waals surface area contributed by atoms with Gasteiger partial charge in [-0.2, -0.15) is 4.31 Å². The van der Waals surface area contributed by atoms with Crippen LogP contribution in [-0.2, 0) is 10.0 Å². The second-order valence-electron chi connectivity index (χ2n) is 4.03. The van der Waals surface area contributed by atoms with Gasteiger partial charge in [0.05, 0.1) is 4.90 Å². The Hall–Kier alpha value is 0.0900. The molecular weight excluding hydrogens is 370 g/mol. The van der Waals surface area contributed by atoms with Crippen LogP contribution in [0.3, 0.4) is 0 Å². The maximum Gasteiger partial charge on any atom is 0.243 e. The Morgan fingerprint density at radius 3 is 2.18 bits per heavy atom. The van der Waals surface area contributed by atoms with Crippen LogP contribution in [0, 0.1) is 0 Å². The molecule has 1 aromatic rings. The van der Waals surface area contributed by atoms with Gasteiger partial charge in [0.15, 0.2) is 0 Å². The molecule has 6 heteroatoms. The summed E-state index contributed by atoms with van der Waals surface area (Å²) in [6, 6.07) is 6.79. The van der Waals surface area contributed by atoms with Crippen molar-refractivity contribution in [2.75, 3.05) is 13.1 Å². The lowest BCUT2D eigenvalue weighted by atomic mass is 10.2. The fourth-order valence-electron chi connectivity index (χ4n) is 1.82. The first kappa shape index (κ1) is 13.5. The molecule has 0 radical (unpaired) electrons. The highest BCUT2D eigenvalue weighted by atomic mass is 79.9. The van der Waals surface area contributed by atoms with Crippen LogP contribution in [-0.4, -0.2) is 30.6 Å². The molecule has 3 nitrogen and oxygen atoms in total. The topological polar surface area (TPSA) is 37.4 Å². The van der Waals surface area contributed by atoms with Crippen molar-refractivity contribution in [3.05, 3.63) is 28.7 Å². The summed E-state index contributed by atoms with van der Waals surface area (Å²) >= 11 is 6.82. The molecule has 94 valence electrons. The highest BCUT2D eigenvalue weighted by Crippen LogP contribution is 2.24. The zero-order valence-electron chi connectivity index (χ0n) is 9.14. The Labute approximate surface area is 119 Å². The highest BCUT2D eigenvalue weighted by molar-refractivity contribution is 9.10. The molecule has 0 saturated carbocycles. The summed E-state index contributed by atoms with van der Waals surface area (Å²) in [6.45, 7) is 1.18. The minimum Gasteiger partial charge on any atom is -0.207 e. The first-order valence-electron chi connectivity index (χ1n) is 5.40. The van der Waals surface area contributed by atoms with E-state index in [1.54, 1.807) is 28.6 Å². The average Bonchev–Trinajstić information content (AvgIpc) is 2.30. The van der Waals surface area contributed by atoms with E-state index in [4.69, 9.17) is 0 Å². The van der Waals surface area contributed by atoms with E-state index in [-0.39, 0.29) is 0 Å². The lowest BCUT2D eigenvalue weighted by Gasteiger charge is -2.28. The van der Waals surface area contributed by atoms with Gasteiger partial charge in [-0.25, -0.2) is 8.42 Å². The lowest BCUT2D eigenvalue weighted by Crippen LogP contribution is -2.38. The van der Waals surface area contributed by atoms with Gasteiger partial charge in [0, 0.05) is 22.4 Å². The van der Waals surface area contributed by atoms with Crippen molar-refractivity contribution in [2.24, 2.45) is 0 Å². The number of benzene rings is 1. The molecule has 0 N–H and O–H groups in total. The molecule has 0 atom stereocenters. The van der Waals surface area contributed by atoms with Gasteiger partial charge in [-0.15, -0.1) is 0 Å². The van der Waals surface area contributed by atoms with Gasteiger partial charge in [-0.3, -0.25) is 0 Å². The van der Waals surface area contributed by atoms with Crippen molar-refractivity contribution in [1.29, 1.82) is 0 Å². The molecule has 17 heavy (non-hydrogen) atoms. The SMILES string of the molecule is O=S(=O)(c1ccc(Br)cc1)N1CCC(Br)CC1. The number of sulfonamides is 1. The predicted molar refractivity (Wildman–Crippen MR) is 74.8 cm³/mol. The van der Waals surface area contributed by atoms with Crippen LogP contribution in [0.5, 0.6) is 0 Å². The molecule has 2 rings (SSSR count). The monoisotopic (exact) mass is 381 g/mol. The summed E-state index contributed by atoms with van der Waals surface area (Å²) in [4.78, 5) is 0.813. The second-order valence-corrected chi connectivity index (χ2v) is 8.18. The molecule has 1 aromatic carbocycles. The van der Waals surface area contributed by atoms with Crippen LogP contribution in [0.25, 0.3) is 0 Å². The maximum atomic E-state index is 12.3. The van der Waals surface area contributed by atoms with Crippen molar-refractivity contribution in [3.8, 4) is 0 Å². The van der Waals surface area contributed by atoms with E-state index in [2.05, 4.69) is 31.9 Å². The number of rotatable bonds is 2. The third-order valence-corrected chi connectivity index (χ3v) is 6.19. The molecule has 0 spiro atoms. The van der Waals surface area contributed by atoms with E-state index in [1.165, 1.54) is 0 Å². The van der Waals surface area contributed by atoms with E-state index in [1.807, 2.05) is 0 Å². The first-order valence-corrected chi connectivity index (χ1v) is 8.55.